The van der Waals surface area contributed by atoms with Crippen molar-refractivity contribution >= 4 is 17.4 Å². The molecule has 2 aromatic rings. The van der Waals surface area contributed by atoms with Crippen molar-refractivity contribution in [2.75, 3.05) is 12.4 Å². The summed E-state index contributed by atoms with van der Waals surface area (Å²) in [6.07, 6.45) is 0. The van der Waals surface area contributed by atoms with Crippen LogP contribution in [0.25, 0.3) is 0 Å². The van der Waals surface area contributed by atoms with E-state index in [-0.39, 0.29) is 0 Å². The van der Waals surface area contributed by atoms with Crippen LogP contribution < -0.4 is 10.1 Å². The van der Waals surface area contributed by atoms with Gasteiger partial charge in [0.05, 0.1) is 5.56 Å². The first-order chi connectivity index (χ1) is 9.01. The van der Waals surface area contributed by atoms with Crippen molar-refractivity contribution in [2.24, 2.45) is 0 Å². The SMILES string of the molecule is CNc1nc(C)nc(Oc2cc(Cl)ccc2C)c1C. The smallest absolute Gasteiger partial charge is 0.227 e. The molecule has 1 heterocycles. The van der Waals surface area contributed by atoms with Gasteiger partial charge in [0.25, 0.3) is 0 Å². The van der Waals surface area contributed by atoms with Gasteiger partial charge in [-0.25, -0.2) is 4.98 Å². The summed E-state index contributed by atoms with van der Waals surface area (Å²) >= 11 is 5.99. The molecule has 5 heteroatoms. The molecule has 0 atom stereocenters. The molecule has 0 aliphatic rings. The van der Waals surface area contributed by atoms with E-state index in [1.54, 1.807) is 6.07 Å². The van der Waals surface area contributed by atoms with Gasteiger partial charge in [0.1, 0.15) is 17.4 Å². The zero-order valence-electron chi connectivity index (χ0n) is 11.4. The molecule has 4 nitrogen and oxygen atoms in total. The number of benzene rings is 1. The highest BCUT2D eigenvalue weighted by molar-refractivity contribution is 6.30. The first-order valence-corrected chi connectivity index (χ1v) is 6.36. The Morgan fingerprint density at radius 3 is 2.58 bits per heavy atom. The molecule has 0 saturated heterocycles. The first-order valence-electron chi connectivity index (χ1n) is 5.98. The number of hydrogen-bond donors (Lipinski definition) is 1. The van der Waals surface area contributed by atoms with Gasteiger partial charge >= 0.3 is 0 Å². The van der Waals surface area contributed by atoms with E-state index in [1.165, 1.54) is 0 Å². The van der Waals surface area contributed by atoms with Crippen molar-refractivity contribution in [3.8, 4) is 11.6 Å². The maximum absolute atomic E-state index is 5.99. The number of aryl methyl sites for hydroxylation is 2. The number of anilines is 1. The van der Waals surface area contributed by atoms with Gasteiger partial charge in [0.15, 0.2) is 0 Å². The maximum Gasteiger partial charge on any atom is 0.227 e. The molecule has 0 aliphatic carbocycles. The average Bonchev–Trinajstić information content (AvgIpc) is 2.37. The van der Waals surface area contributed by atoms with Crippen LogP contribution in [-0.4, -0.2) is 17.0 Å². The summed E-state index contributed by atoms with van der Waals surface area (Å²) < 4.78 is 5.87. The van der Waals surface area contributed by atoms with E-state index >= 15 is 0 Å². The number of aromatic nitrogens is 2. The fraction of sp³-hybridized carbons (Fsp3) is 0.286. The van der Waals surface area contributed by atoms with Crippen LogP contribution in [-0.2, 0) is 0 Å². The van der Waals surface area contributed by atoms with Crippen LogP contribution in [0.3, 0.4) is 0 Å². The molecule has 0 bridgehead atoms. The minimum absolute atomic E-state index is 0.544. The van der Waals surface area contributed by atoms with E-state index in [9.17, 15) is 0 Å². The lowest BCUT2D eigenvalue weighted by atomic mass is 10.2. The number of halogens is 1. The lowest BCUT2D eigenvalue weighted by Gasteiger charge is -2.13. The van der Waals surface area contributed by atoms with Gasteiger partial charge in [0, 0.05) is 12.1 Å². The Morgan fingerprint density at radius 1 is 1.16 bits per heavy atom. The van der Waals surface area contributed by atoms with E-state index in [0.29, 0.717) is 22.5 Å². The monoisotopic (exact) mass is 277 g/mol. The van der Waals surface area contributed by atoms with Gasteiger partial charge in [0.2, 0.25) is 5.88 Å². The normalized spacial score (nSPS) is 10.4. The highest BCUT2D eigenvalue weighted by Crippen LogP contribution is 2.30. The molecule has 100 valence electrons. The summed E-state index contributed by atoms with van der Waals surface area (Å²) in [6, 6.07) is 5.54. The van der Waals surface area contributed by atoms with E-state index < -0.39 is 0 Å². The molecule has 19 heavy (non-hydrogen) atoms. The third-order valence-corrected chi connectivity index (χ3v) is 3.04. The van der Waals surface area contributed by atoms with Gasteiger partial charge in [-0.3, -0.25) is 0 Å². The summed E-state index contributed by atoms with van der Waals surface area (Å²) in [5.74, 6) is 2.67. The van der Waals surface area contributed by atoms with Crippen LogP contribution in [0, 0.1) is 20.8 Å². The number of ether oxygens (including phenoxy) is 1. The number of hydrogen-bond acceptors (Lipinski definition) is 4. The maximum atomic E-state index is 5.99. The van der Waals surface area contributed by atoms with E-state index in [0.717, 1.165) is 16.9 Å². The molecule has 2 rings (SSSR count). The Labute approximate surface area is 117 Å². The summed E-state index contributed by atoms with van der Waals surface area (Å²) in [4.78, 5) is 8.64. The van der Waals surface area contributed by atoms with Crippen LogP contribution >= 0.6 is 11.6 Å². The van der Waals surface area contributed by atoms with Crippen LogP contribution in [0.1, 0.15) is 17.0 Å². The lowest BCUT2D eigenvalue weighted by Crippen LogP contribution is -2.03. The third-order valence-electron chi connectivity index (χ3n) is 2.81. The zero-order valence-corrected chi connectivity index (χ0v) is 12.2. The second-order valence-electron chi connectivity index (χ2n) is 4.31. The predicted molar refractivity (Wildman–Crippen MR) is 77.3 cm³/mol. The van der Waals surface area contributed by atoms with Gasteiger partial charge in [-0.05, 0) is 38.5 Å². The summed E-state index contributed by atoms with van der Waals surface area (Å²) in [5.41, 5.74) is 1.87. The van der Waals surface area contributed by atoms with Crippen molar-refractivity contribution in [3.05, 3.63) is 40.2 Å². The minimum Gasteiger partial charge on any atom is -0.438 e. The molecule has 0 spiro atoms. The van der Waals surface area contributed by atoms with Crippen molar-refractivity contribution in [1.82, 2.24) is 9.97 Å². The number of nitrogens with one attached hydrogen (secondary N) is 1. The lowest BCUT2D eigenvalue weighted by molar-refractivity contribution is 0.453. The molecule has 1 N–H and O–H groups in total. The van der Waals surface area contributed by atoms with Crippen molar-refractivity contribution in [3.63, 3.8) is 0 Å². The minimum atomic E-state index is 0.544. The van der Waals surface area contributed by atoms with Gasteiger partial charge in [-0.1, -0.05) is 17.7 Å². The van der Waals surface area contributed by atoms with Gasteiger partial charge in [-0.15, -0.1) is 0 Å². The Bertz CT molecular complexity index is 614. The second-order valence-corrected chi connectivity index (χ2v) is 4.75. The summed E-state index contributed by atoms with van der Waals surface area (Å²) in [7, 11) is 1.82. The molecule has 0 aliphatic heterocycles. The Hall–Kier alpha value is -1.81. The van der Waals surface area contributed by atoms with Crippen molar-refractivity contribution < 1.29 is 4.74 Å². The van der Waals surface area contributed by atoms with Crippen LogP contribution in [0.15, 0.2) is 18.2 Å². The highest BCUT2D eigenvalue weighted by Gasteiger charge is 2.11. The molecule has 0 unspecified atom stereocenters. The van der Waals surface area contributed by atoms with Gasteiger partial charge in [-0.2, -0.15) is 4.98 Å². The molecule has 0 radical (unpaired) electrons. The second kappa shape index (κ2) is 5.45. The topological polar surface area (TPSA) is 47.0 Å². The summed E-state index contributed by atoms with van der Waals surface area (Å²) in [5, 5.41) is 3.67. The van der Waals surface area contributed by atoms with E-state index in [2.05, 4.69) is 15.3 Å². The number of rotatable bonds is 3. The van der Waals surface area contributed by atoms with Gasteiger partial charge < -0.3 is 10.1 Å². The summed E-state index contributed by atoms with van der Waals surface area (Å²) in [6.45, 7) is 5.71. The fourth-order valence-electron chi connectivity index (χ4n) is 1.73. The molecule has 0 saturated carbocycles. The zero-order chi connectivity index (χ0) is 14.0. The average molecular weight is 278 g/mol. The fourth-order valence-corrected chi connectivity index (χ4v) is 1.90. The molecular weight excluding hydrogens is 262 g/mol. The number of nitrogens with zero attached hydrogens (tertiary/aromatic N) is 2. The Kier molecular flexibility index (Phi) is 3.90. The standard InChI is InChI=1S/C14H16ClN3O/c1-8-5-6-11(15)7-12(8)19-14-9(2)13(16-4)17-10(3)18-14/h5-7H,1-4H3,(H,16,17,18). The van der Waals surface area contributed by atoms with Crippen LogP contribution in [0.5, 0.6) is 11.6 Å². The molecule has 1 aromatic carbocycles. The van der Waals surface area contributed by atoms with Crippen LogP contribution in [0.4, 0.5) is 5.82 Å². The quantitative estimate of drug-likeness (QED) is 0.925. The Balaban J connectivity index is 2.43. The van der Waals surface area contributed by atoms with E-state index in [4.69, 9.17) is 16.3 Å². The Morgan fingerprint density at radius 2 is 1.89 bits per heavy atom. The van der Waals surface area contributed by atoms with E-state index in [1.807, 2.05) is 40.0 Å². The highest BCUT2D eigenvalue weighted by atomic mass is 35.5. The molecular formula is C14H16ClN3O. The van der Waals surface area contributed by atoms with Crippen molar-refractivity contribution in [2.45, 2.75) is 20.8 Å². The molecule has 0 amide bonds. The third kappa shape index (κ3) is 2.96. The molecule has 0 fully saturated rings. The first kappa shape index (κ1) is 13.6. The largest absolute Gasteiger partial charge is 0.438 e. The predicted octanol–water partition coefficient (Wildman–Crippen LogP) is 3.89. The molecule has 1 aromatic heterocycles. The van der Waals surface area contributed by atoms with Crippen LogP contribution in [0.2, 0.25) is 5.02 Å². The van der Waals surface area contributed by atoms with Crippen molar-refractivity contribution in [1.29, 1.82) is 0 Å².